The number of likely N-dealkylation sites (tertiary alicyclic amines) is 1. The first kappa shape index (κ1) is 15.9. The normalized spacial score (nSPS) is 26.2. The molecule has 0 spiro atoms. The highest BCUT2D eigenvalue weighted by Crippen LogP contribution is 2.36. The number of nitrogens with one attached hydrogen (secondary N) is 1. The van der Waals surface area contributed by atoms with Crippen LogP contribution in [0.1, 0.15) is 23.2 Å². The molecule has 3 rings (SSSR count). The molecule has 1 aromatic rings. The maximum atomic E-state index is 13.1. The van der Waals surface area contributed by atoms with Crippen LogP contribution in [-0.4, -0.2) is 42.4 Å². The number of hydrogen-bond acceptors (Lipinski definition) is 3. The number of nitrogens with two attached hydrogens (primary N) is 1. The standard InChI is InChI=1S/C16H19F2N3O2/c17-11-3-10(4-12(18)5-11)16(23)20-6-15(22)21-7-9-1-2-14(19)13(9)8-21/h3-5,9,13-14H,1-2,6-8,19H2,(H,20,23). The second-order valence-electron chi connectivity index (χ2n) is 6.30. The maximum absolute atomic E-state index is 13.1. The smallest absolute Gasteiger partial charge is 0.251 e. The quantitative estimate of drug-likeness (QED) is 0.867. The third kappa shape index (κ3) is 3.34. The van der Waals surface area contributed by atoms with Crippen LogP contribution in [0.2, 0.25) is 0 Å². The van der Waals surface area contributed by atoms with Gasteiger partial charge in [0.05, 0.1) is 6.54 Å². The van der Waals surface area contributed by atoms with Crippen molar-refractivity contribution in [3.05, 3.63) is 35.4 Å². The first-order valence-electron chi connectivity index (χ1n) is 7.71. The SMILES string of the molecule is NC1CCC2CN(C(=O)CNC(=O)c3cc(F)cc(F)c3)CC12. The van der Waals surface area contributed by atoms with Crippen molar-refractivity contribution in [3.8, 4) is 0 Å². The van der Waals surface area contributed by atoms with E-state index in [9.17, 15) is 18.4 Å². The zero-order valence-electron chi connectivity index (χ0n) is 12.6. The Labute approximate surface area is 132 Å². The van der Waals surface area contributed by atoms with Crippen LogP contribution in [0.4, 0.5) is 8.78 Å². The van der Waals surface area contributed by atoms with Crippen LogP contribution in [0.3, 0.4) is 0 Å². The molecule has 0 radical (unpaired) electrons. The Morgan fingerprint density at radius 1 is 1.17 bits per heavy atom. The predicted octanol–water partition coefficient (Wildman–Crippen LogP) is 0.890. The van der Waals surface area contributed by atoms with Gasteiger partial charge in [-0.05, 0) is 36.8 Å². The van der Waals surface area contributed by atoms with Gasteiger partial charge in [0.1, 0.15) is 11.6 Å². The molecule has 124 valence electrons. The monoisotopic (exact) mass is 323 g/mol. The minimum atomic E-state index is -0.831. The number of carbonyl (C=O) groups is 2. The molecule has 1 aromatic carbocycles. The number of carbonyl (C=O) groups excluding carboxylic acids is 2. The van der Waals surface area contributed by atoms with E-state index in [0.29, 0.717) is 31.0 Å². The molecule has 1 aliphatic carbocycles. The summed E-state index contributed by atoms with van der Waals surface area (Å²) < 4.78 is 26.2. The number of nitrogens with zero attached hydrogens (tertiary/aromatic N) is 1. The Bertz CT molecular complexity index is 618. The first-order chi connectivity index (χ1) is 10.9. The van der Waals surface area contributed by atoms with Gasteiger partial charge in [0.25, 0.3) is 5.91 Å². The van der Waals surface area contributed by atoms with Crippen molar-refractivity contribution in [2.45, 2.75) is 18.9 Å². The van der Waals surface area contributed by atoms with Crippen LogP contribution in [0.25, 0.3) is 0 Å². The molecule has 1 aliphatic heterocycles. The van der Waals surface area contributed by atoms with Gasteiger partial charge in [0.2, 0.25) is 5.91 Å². The van der Waals surface area contributed by atoms with Gasteiger partial charge in [-0.3, -0.25) is 9.59 Å². The number of amides is 2. The molecule has 1 saturated heterocycles. The van der Waals surface area contributed by atoms with Gasteiger partial charge in [0, 0.05) is 30.8 Å². The zero-order chi connectivity index (χ0) is 16.6. The second kappa shape index (κ2) is 6.23. The van der Waals surface area contributed by atoms with Gasteiger partial charge in [-0.2, -0.15) is 0 Å². The summed E-state index contributed by atoms with van der Waals surface area (Å²) in [5, 5.41) is 2.41. The summed E-state index contributed by atoms with van der Waals surface area (Å²) in [6.07, 6.45) is 2.03. The summed E-state index contributed by atoms with van der Waals surface area (Å²) in [7, 11) is 0. The predicted molar refractivity (Wildman–Crippen MR) is 79.5 cm³/mol. The lowest BCUT2D eigenvalue weighted by Crippen LogP contribution is -2.40. The number of halogens is 2. The zero-order valence-corrected chi connectivity index (χ0v) is 12.6. The van der Waals surface area contributed by atoms with Gasteiger partial charge in [-0.15, -0.1) is 0 Å². The lowest BCUT2D eigenvalue weighted by atomic mass is 9.98. The van der Waals surface area contributed by atoms with Gasteiger partial charge in [-0.1, -0.05) is 0 Å². The van der Waals surface area contributed by atoms with Crippen molar-refractivity contribution in [1.29, 1.82) is 0 Å². The third-order valence-corrected chi connectivity index (χ3v) is 4.79. The van der Waals surface area contributed by atoms with Gasteiger partial charge >= 0.3 is 0 Å². The summed E-state index contributed by atoms with van der Waals surface area (Å²) in [6.45, 7) is 1.10. The third-order valence-electron chi connectivity index (χ3n) is 4.79. The molecule has 2 aliphatic rings. The molecular formula is C16H19F2N3O2. The average Bonchev–Trinajstić information content (AvgIpc) is 3.06. The molecule has 7 heteroatoms. The fraction of sp³-hybridized carbons (Fsp3) is 0.500. The van der Waals surface area contributed by atoms with E-state index in [1.165, 1.54) is 0 Å². The molecule has 0 bridgehead atoms. The van der Waals surface area contributed by atoms with Crippen molar-refractivity contribution in [3.63, 3.8) is 0 Å². The van der Waals surface area contributed by atoms with E-state index in [1.807, 2.05) is 0 Å². The van der Waals surface area contributed by atoms with E-state index in [-0.39, 0.29) is 24.1 Å². The number of rotatable bonds is 3. The first-order valence-corrected chi connectivity index (χ1v) is 7.71. The number of hydrogen-bond donors (Lipinski definition) is 2. The molecule has 3 N–H and O–H groups in total. The van der Waals surface area contributed by atoms with Crippen LogP contribution >= 0.6 is 0 Å². The minimum absolute atomic E-state index is 0.141. The summed E-state index contributed by atoms with van der Waals surface area (Å²) in [6, 6.07) is 2.70. The molecule has 5 nitrogen and oxygen atoms in total. The highest BCUT2D eigenvalue weighted by Gasteiger charge is 2.42. The van der Waals surface area contributed by atoms with E-state index < -0.39 is 17.5 Å². The largest absolute Gasteiger partial charge is 0.343 e. The topological polar surface area (TPSA) is 75.4 Å². The summed E-state index contributed by atoms with van der Waals surface area (Å²) in [5.74, 6) is -1.75. The lowest BCUT2D eigenvalue weighted by Gasteiger charge is -2.19. The maximum Gasteiger partial charge on any atom is 0.251 e. The van der Waals surface area contributed by atoms with Crippen molar-refractivity contribution < 1.29 is 18.4 Å². The molecule has 2 amide bonds. The van der Waals surface area contributed by atoms with Crippen molar-refractivity contribution in [2.24, 2.45) is 17.6 Å². The molecule has 2 fully saturated rings. The molecule has 3 atom stereocenters. The Hall–Kier alpha value is -2.02. The highest BCUT2D eigenvalue weighted by molar-refractivity contribution is 5.96. The van der Waals surface area contributed by atoms with Gasteiger partial charge < -0.3 is 16.0 Å². The van der Waals surface area contributed by atoms with Crippen LogP contribution in [0, 0.1) is 23.5 Å². The number of fused-ring (bicyclic) bond motifs is 1. The molecule has 1 heterocycles. The van der Waals surface area contributed by atoms with Crippen LogP contribution in [0.5, 0.6) is 0 Å². The Kier molecular flexibility index (Phi) is 4.30. The fourth-order valence-corrected chi connectivity index (χ4v) is 3.57. The molecular weight excluding hydrogens is 304 g/mol. The van der Waals surface area contributed by atoms with Crippen LogP contribution in [-0.2, 0) is 4.79 Å². The summed E-state index contributed by atoms with van der Waals surface area (Å²) in [5.41, 5.74) is 5.89. The van der Waals surface area contributed by atoms with Crippen molar-refractivity contribution >= 4 is 11.8 Å². The second-order valence-corrected chi connectivity index (χ2v) is 6.30. The Balaban J connectivity index is 1.54. The number of benzene rings is 1. The molecule has 3 unspecified atom stereocenters. The molecule has 23 heavy (non-hydrogen) atoms. The summed E-state index contributed by atoms with van der Waals surface area (Å²) in [4.78, 5) is 25.8. The van der Waals surface area contributed by atoms with E-state index in [0.717, 1.165) is 25.0 Å². The van der Waals surface area contributed by atoms with Gasteiger partial charge in [0.15, 0.2) is 0 Å². The van der Waals surface area contributed by atoms with Crippen LogP contribution in [0.15, 0.2) is 18.2 Å². The Morgan fingerprint density at radius 2 is 1.87 bits per heavy atom. The fourth-order valence-electron chi connectivity index (χ4n) is 3.57. The average molecular weight is 323 g/mol. The highest BCUT2D eigenvalue weighted by atomic mass is 19.1. The van der Waals surface area contributed by atoms with E-state index in [4.69, 9.17) is 5.73 Å². The lowest BCUT2D eigenvalue weighted by molar-refractivity contribution is -0.129. The molecule has 0 aromatic heterocycles. The van der Waals surface area contributed by atoms with E-state index in [1.54, 1.807) is 4.90 Å². The van der Waals surface area contributed by atoms with Crippen LogP contribution < -0.4 is 11.1 Å². The van der Waals surface area contributed by atoms with Crippen molar-refractivity contribution in [1.82, 2.24) is 10.2 Å². The van der Waals surface area contributed by atoms with E-state index in [2.05, 4.69) is 5.32 Å². The summed E-state index contributed by atoms with van der Waals surface area (Å²) >= 11 is 0. The Morgan fingerprint density at radius 3 is 2.52 bits per heavy atom. The minimum Gasteiger partial charge on any atom is -0.343 e. The van der Waals surface area contributed by atoms with E-state index >= 15 is 0 Å². The molecule has 1 saturated carbocycles. The van der Waals surface area contributed by atoms with Crippen molar-refractivity contribution in [2.75, 3.05) is 19.6 Å². The van der Waals surface area contributed by atoms with Gasteiger partial charge in [-0.25, -0.2) is 8.78 Å².